The number of anilines is 1. The van der Waals surface area contributed by atoms with E-state index in [2.05, 4.69) is 25.5 Å². The normalized spacial score (nSPS) is 22.6. The predicted molar refractivity (Wildman–Crippen MR) is 98.0 cm³/mol. The quantitative estimate of drug-likeness (QED) is 0.669. The van der Waals surface area contributed by atoms with Crippen LogP contribution >= 0.6 is 0 Å². The van der Waals surface area contributed by atoms with Gasteiger partial charge < -0.3 is 10.1 Å². The Hall–Kier alpha value is -2.68. The molecular formula is C19H20F3N5O. The number of ether oxygens (including phenoxy) is 1. The summed E-state index contributed by atoms with van der Waals surface area (Å²) in [5.41, 5.74) is 1.33. The van der Waals surface area contributed by atoms with Crippen LogP contribution in [0.3, 0.4) is 0 Å². The molecule has 3 aromatic rings. The van der Waals surface area contributed by atoms with Crippen LogP contribution in [0.1, 0.15) is 24.0 Å². The summed E-state index contributed by atoms with van der Waals surface area (Å²) in [5, 5.41) is 10.5. The fourth-order valence-electron chi connectivity index (χ4n) is 3.40. The van der Waals surface area contributed by atoms with E-state index in [9.17, 15) is 13.2 Å². The van der Waals surface area contributed by atoms with Crippen molar-refractivity contribution in [3.05, 3.63) is 47.9 Å². The number of aryl methyl sites for hydroxylation is 1. The summed E-state index contributed by atoms with van der Waals surface area (Å²) in [6.45, 7) is 0.972. The third kappa shape index (κ3) is 3.80. The van der Waals surface area contributed by atoms with E-state index in [1.807, 2.05) is 6.92 Å². The van der Waals surface area contributed by atoms with Crippen molar-refractivity contribution in [2.24, 2.45) is 0 Å². The molecule has 1 fully saturated rings. The van der Waals surface area contributed by atoms with Crippen molar-refractivity contribution in [3.8, 4) is 0 Å². The lowest BCUT2D eigenvalue weighted by Gasteiger charge is -2.21. The Labute approximate surface area is 159 Å². The van der Waals surface area contributed by atoms with E-state index in [4.69, 9.17) is 4.74 Å². The van der Waals surface area contributed by atoms with Gasteiger partial charge in [0.2, 0.25) is 0 Å². The number of H-pyrrole nitrogens is 1. The molecule has 28 heavy (non-hydrogen) atoms. The van der Waals surface area contributed by atoms with E-state index >= 15 is 0 Å². The van der Waals surface area contributed by atoms with Gasteiger partial charge in [-0.3, -0.25) is 5.10 Å². The minimum atomic E-state index is -3.17. The first kappa shape index (κ1) is 18.7. The average molecular weight is 391 g/mol. The predicted octanol–water partition coefficient (Wildman–Crippen LogP) is 3.75. The van der Waals surface area contributed by atoms with Crippen LogP contribution in [0.4, 0.5) is 19.0 Å². The SMILES string of the molecule is Cc1ccc(C(F)(F)COC2C[C@@H](Nc3ncnc4[nH]ncc34)C[C@@H]2F)cc1. The van der Waals surface area contributed by atoms with Crippen LogP contribution in [0.5, 0.6) is 0 Å². The van der Waals surface area contributed by atoms with E-state index in [1.54, 1.807) is 18.3 Å². The first-order valence-electron chi connectivity index (χ1n) is 9.03. The van der Waals surface area contributed by atoms with Crippen molar-refractivity contribution >= 4 is 16.9 Å². The molecule has 0 bridgehead atoms. The molecule has 0 aliphatic heterocycles. The number of fused-ring (bicyclic) bond motifs is 1. The number of halogens is 3. The fraction of sp³-hybridized carbons (Fsp3) is 0.421. The van der Waals surface area contributed by atoms with E-state index in [0.717, 1.165) is 5.56 Å². The number of nitrogens with one attached hydrogen (secondary N) is 2. The molecule has 148 valence electrons. The zero-order valence-corrected chi connectivity index (χ0v) is 15.2. The first-order chi connectivity index (χ1) is 13.4. The molecule has 0 amide bonds. The number of aromatic amines is 1. The summed E-state index contributed by atoms with van der Waals surface area (Å²) in [7, 11) is 0. The second-order valence-electron chi connectivity index (χ2n) is 7.10. The molecule has 1 unspecified atom stereocenters. The van der Waals surface area contributed by atoms with Gasteiger partial charge in [-0.2, -0.15) is 13.9 Å². The van der Waals surface area contributed by atoms with Crippen molar-refractivity contribution in [2.45, 2.75) is 44.0 Å². The minimum absolute atomic E-state index is 0.135. The van der Waals surface area contributed by atoms with Crippen LogP contribution in [0.2, 0.25) is 0 Å². The Morgan fingerprint density at radius 3 is 2.79 bits per heavy atom. The number of benzene rings is 1. The third-order valence-corrected chi connectivity index (χ3v) is 4.97. The van der Waals surface area contributed by atoms with Gasteiger partial charge in [-0.25, -0.2) is 14.4 Å². The van der Waals surface area contributed by atoms with Gasteiger partial charge in [0.25, 0.3) is 5.92 Å². The van der Waals surface area contributed by atoms with Gasteiger partial charge in [0.15, 0.2) is 5.65 Å². The molecule has 6 nitrogen and oxygen atoms in total. The average Bonchev–Trinajstić information content (AvgIpc) is 3.27. The Bertz CT molecular complexity index is 946. The van der Waals surface area contributed by atoms with Crippen LogP contribution in [-0.2, 0) is 10.7 Å². The van der Waals surface area contributed by atoms with Crippen molar-refractivity contribution in [1.29, 1.82) is 0 Å². The van der Waals surface area contributed by atoms with E-state index in [-0.39, 0.29) is 24.4 Å². The number of rotatable bonds is 6. The number of nitrogens with zero attached hydrogens (tertiary/aromatic N) is 3. The van der Waals surface area contributed by atoms with E-state index in [0.29, 0.717) is 16.9 Å². The lowest BCUT2D eigenvalue weighted by molar-refractivity contribution is -0.114. The van der Waals surface area contributed by atoms with Crippen LogP contribution in [0.15, 0.2) is 36.8 Å². The highest BCUT2D eigenvalue weighted by atomic mass is 19.3. The monoisotopic (exact) mass is 391 g/mol. The van der Waals surface area contributed by atoms with Crippen LogP contribution in [0.25, 0.3) is 11.0 Å². The molecule has 1 saturated carbocycles. The number of hydrogen-bond donors (Lipinski definition) is 2. The highest BCUT2D eigenvalue weighted by Crippen LogP contribution is 2.33. The van der Waals surface area contributed by atoms with Crippen LogP contribution in [-0.4, -0.2) is 45.1 Å². The van der Waals surface area contributed by atoms with Crippen LogP contribution < -0.4 is 5.32 Å². The number of aromatic nitrogens is 4. The van der Waals surface area contributed by atoms with Gasteiger partial charge in [-0.05, 0) is 13.3 Å². The smallest absolute Gasteiger partial charge is 0.296 e. The molecule has 2 aromatic heterocycles. The molecule has 4 rings (SSSR count). The summed E-state index contributed by atoms with van der Waals surface area (Å²) in [5.74, 6) is -2.64. The summed E-state index contributed by atoms with van der Waals surface area (Å²) in [6, 6.07) is 5.71. The highest BCUT2D eigenvalue weighted by Gasteiger charge is 2.39. The van der Waals surface area contributed by atoms with Crippen molar-refractivity contribution in [1.82, 2.24) is 20.2 Å². The standard InChI is InChI=1S/C19H20F3N5O/c1-11-2-4-12(5-3-11)19(21,22)9-28-16-7-13(6-15(16)20)26-17-14-8-25-27-18(14)24-10-23-17/h2-5,8,10,13,15-16H,6-7,9H2,1H3,(H2,23,24,25,26,27)/t13-,15-,16?/m0/s1. The maximum atomic E-state index is 14.4. The van der Waals surface area contributed by atoms with Gasteiger partial charge in [0.1, 0.15) is 24.9 Å². The molecule has 2 N–H and O–H groups in total. The van der Waals surface area contributed by atoms with Gasteiger partial charge in [0, 0.05) is 18.0 Å². The van der Waals surface area contributed by atoms with Gasteiger partial charge in [-0.1, -0.05) is 29.8 Å². The summed E-state index contributed by atoms with van der Waals surface area (Å²) >= 11 is 0. The molecule has 1 aromatic carbocycles. The Morgan fingerprint density at radius 1 is 1.21 bits per heavy atom. The minimum Gasteiger partial charge on any atom is -0.368 e. The van der Waals surface area contributed by atoms with Crippen LogP contribution in [0, 0.1) is 6.92 Å². The Kier molecular flexibility index (Phi) is 4.92. The Morgan fingerprint density at radius 2 is 2.00 bits per heavy atom. The molecular weight excluding hydrogens is 371 g/mol. The summed E-state index contributed by atoms with van der Waals surface area (Å²) in [6.07, 6.45) is 1.17. The second-order valence-corrected chi connectivity index (χ2v) is 7.10. The largest absolute Gasteiger partial charge is 0.368 e. The van der Waals surface area contributed by atoms with E-state index in [1.165, 1.54) is 18.5 Å². The second kappa shape index (κ2) is 7.38. The number of hydrogen-bond acceptors (Lipinski definition) is 5. The lowest BCUT2D eigenvalue weighted by atomic mass is 10.1. The lowest BCUT2D eigenvalue weighted by Crippen LogP contribution is -2.28. The summed E-state index contributed by atoms with van der Waals surface area (Å²) in [4.78, 5) is 8.20. The molecule has 0 spiro atoms. The molecule has 1 aliphatic carbocycles. The maximum absolute atomic E-state index is 14.4. The molecule has 3 atom stereocenters. The van der Waals surface area contributed by atoms with Crippen molar-refractivity contribution in [3.63, 3.8) is 0 Å². The van der Waals surface area contributed by atoms with Crippen molar-refractivity contribution < 1.29 is 17.9 Å². The molecule has 9 heteroatoms. The topological polar surface area (TPSA) is 75.7 Å². The molecule has 1 aliphatic rings. The maximum Gasteiger partial charge on any atom is 0.296 e. The van der Waals surface area contributed by atoms with E-state index < -0.39 is 24.8 Å². The Balaban J connectivity index is 1.37. The summed E-state index contributed by atoms with van der Waals surface area (Å²) < 4.78 is 48.4. The van der Waals surface area contributed by atoms with Gasteiger partial charge >= 0.3 is 0 Å². The zero-order chi connectivity index (χ0) is 19.7. The molecule has 0 saturated heterocycles. The van der Waals surface area contributed by atoms with Gasteiger partial charge in [-0.15, -0.1) is 0 Å². The van der Waals surface area contributed by atoms with Crippen molar-refractivity contribution in [2.75, 3.05) is 11.9 Å². The third-order valence-electron chi connectivity index (χ3n) is 4.97. The fourth-order valence-corrected chi connectivity index (χ4v) is 3.40. The highest BCUT2D eigenvalue weighted by molar-refractivity contribution is 5.85. The zero-order valence-electron chi connectivity index (χ0n) is 15.2. The first-order valence-corrected chi connectivity index (χ1v) is 9.03. The molecule has 2 heterocycles. The van der Waals surface area contributed by atoms with Gasteiger partial charge in [0.05, 0.1) is 17.7 Å². The number of alkyl halides is 3. The molecule has 0 radical (unpaired) electrons.